The predicted molar refractivity (Wildman–Crippen MR) is 169 cm³/mol. The van der Waals surface area contributed by atoms with E-state index >= 15 is 0 Å². The molecule has 10 nitrogen and oxygen atoms in total. The Morgan fingerprint density at radius 3 is 2.13 bits per heavy atom. The van der Waals surface area contributed by atoms with E-state index in [2.05, 4.69) is 40.8 Å². The first-order valence-corrected chi connectivity index (χ1v) is 15.5. The number of rotatable bonds is 10. The molecule has 0 N–H and O–H groups in total. The molecule has 3 heterocycles. The summed E-state index contributed by atoms with van der Waals surface area (Å²) in [5.41, 5.74) is 2.06. The third kappa shape index (κ3) is 7.46. The van der Waals surface area contributed by atoms with Crippen LogP contribution in [-0.4, -0.2) is 58.3 Å². The number of hydrogen-bond acceptors (Lipinski definition) is 8. The third-order valence-corrected chi connectivity index (χ3v) is 8.83. The fourth-order valence-corrected chi connectivity index (χ4v) is 5.90. The molecule has 3 aromatic carbocycles. The Bertz CT molecular complexity index is 1670. The molecule has 0 aliphatic carbocycles. The lowest BCUT2D eigenvalue weighted by atomic mass is 9.91. The van der Waals surface area contributed by atoms with Gasteiger partial charge in [-0.15, -0.1) is 0 Å². The van der Waals surface area contributed by atoms with Crippen LogP contribution in [0.2, 0.25) is 0 Å². The van der Waals surface area contributed by atoms with Gasteiger partial charge in [0.05, 0.1) is 5.56 Å². The molecular formula is C34H36F3N5O5. The zero-order chi connectivity index (χ0) is 33.2. The van der Waals surface area contributed by atoms with Crippen LogP contribution in [-0.2, 0) is 24.9 Å². The molecule has 1 aromatic heterocycles. The number of alkyl halides is 3. The van der Waals surface area contributed by atoms with Crippen molar-refractivity contribution in [1.82, 2.24) is 14.5 Å². The van der Waals surface area contributed by atoms with Crippen LogP contribution in [0, 0.1) is 10.1 Å². The molecule has 1 fully saturated rings. The second kappa shape index (κ2) is 13.1. The van der Waals surface area contributed by atoms with E-state index in [9.17, 15) is 23.3 Å². The van der Waals surface area contributed by atoms with Crippen LogP contribution in [0.25, 0.3) is 0 Å². The minimum Gasteiger partial charge on any atom is -0.490 e. The number of nitrogens with zero attached hydrogens (tertiary/aromatic N) is 5. The molecule has 1 atom stereocenters. The van der Waals surface area contributed by atoms with Gasteiger partial charge in [0.15, 0.2) is 0 Å². The highest BCUT2D eigenvalue weighted by atomic mass is 19.4. The van der Waals surface area contributed by atoms with E-state index in [-0.39, 0.29) is 30.1 Å². The summed E-state index contributed by atoms with van der Waals surface area (Å²) < 4.78 is 57.7. The van der Waals surface area contributed by atoms with E-state index in [0.717, 1.165) is 55.3 Å². The van der Waals surface area contributed by atoms with Crippen LogP contribution in [0.15, 0.2) is 79.0 Å². The average Bonchev–Trinajstić information content (AvgIpc) is 3.51. The third-order valence-electron chi connectivity index (χ3n) is 8.83. The van der Waals surface area contributed by atoms with Crippen molar-refractivity contribution in [3.05, 3.63) is 106 Å². The minimum atomic E-state index is -4.35. The molecule has 0 radical (unpaired) electrons. The first kappa shape index (κ1) is 32.2. The van der Waals surface area contributed by atoms with Crippen LogP contribution in [0.1, 0.15) is 37.0 Å². The van der Waals surface area contributed by atoms with Gasteiger partial charge in [-0.1, -0.05) is 24.3 Å². The van der Waals surface area contributed by atoms with Gasteiger partial charge in [-0.3, -0.25) is 9.47 Å². The Hall–Kier alpha value is -4.78. The van der Waals surface area contributed by atoms with E-state index in [1.54, 1.807) is 4.57 Å². The SMILES string of the molecule is CC(C)(c1ccc(OCc2ccc(C(F)(F)F)cc2)cc1)N1CCN(c2ccc(OC[C@H]3CCn4cc([N+](=O)[O-])nc4O3)cc2)CC1. The monoisotopic (exact) mass is 651 g/mol. The van der Waals surface area contributed by atoms with Gasteiger partial charge in [0.2, 0.25) is 0 Å². The molecule has 0 unspecified atom stereocenters. The topological polar surface area (TPSA) is 95.1 Å². The second-order valence-electron chi connectivity index (χ2n) is 12.2. The summed E-state index contributed by atoms with van der Waals surface area (Å²) in [6.45, 7) is 9.00. The lowest BCUT2D eigenvalue weighted by molar-refractivity contribution is -0.389. The molecule has 0 amide bonds. The van der Waals surface area contributed by atoms with Gasteiger partial charge >= 0.3 is 18.0 Å². The van der Waals surface area contributed by atoms with Gasteiger partial charge in [-0.2, -0.15) is 13.2 Å². The van der Waals surface area contributed by atoms with Crippen LogP contribution >= 0.6 is 0 Å². The second-order valence-corrected chi connectivity index (χ2v) is 12.2. The van der Waals surface area contributed by atoms with E-state index in [1.807, 2.05) is 36.4 Å². The standard InChI is InChI=1S/C34H36F3N5O5/c1-33(2,25-7-11-28(12-8-25)45-22-24-3-5-26(6-4-24)34(35,36)37)41-19-17-39(18-20-41)27-9-13-29(14-10-27)46-23-30-15-16-40-21-31(42(43)44)38-32(40)47-30/h3-14,21,30H,15-20,22-23H2,1-2H3/t30-/m1/s1. The summed E-state index contributed by atoms with van der Waals surface area (Å²) in [4.78, 5) is 19.2. The number of aromatic nitrogens is 2. The van der Waals surface area contributed by atoms with E-state index in [1.165, 1.54) is 18.3 Å². The Morgan fingerprint density at radius 1 is 0.872 bits per heavy atom. The summed E-state index contributed by atoms with van der Waals surface area (Å²) in [6.07, 6.45) is -2.53. The van der Waals surface area contributed by atoms with Gasteiger partial charge in [0.25, 0.3) is 0 Å². The number of fused-ring (bicyclic) bond motifs is 1. The minimum absolute atomic E-state index is 0.187. The van der Waals surface area contributed by atoms with Crippen LogP contribution in [0.5, 0.6) is 17.5 Å². The summed E-state index contributed by atoms with van der Waals surface area (Å²) in [5, 5.41) is 11.0. The summed E-state index contributed by atoms with van der Waals surface area (Å²) in [6, 6.07) is 21.2. The predicted octanol–water partition coefficient (Wildman–Crippen LogP) is 6.68. The molecule has 248 valence electrons. The maximum Gasteiger partial charge on any atom is 0.416 e. The highest BCUT2D eigenvalue weighted by Crippen LogP contribution is 2.32. The Morgan fingerprint density at radius 2 is 1.49 bits per heavy atom. The lowest BCUT2D eigenvalue weighted by Gasteiger charge is -2.45. The maximum absolute atomic E-state index is 12.8. The van der Waals surface area contributed by atoms with Crippen LogP contribution < -0.4 is 19.1 Å². The average molecular weight is 652 g/mol. The van der Waals surface area contributed by atoms with Gasteiger partial charge in [-0.25, -0.2) is 0 Å². The smallest absolute Gasteiger partial charge is 0.416 e. The fourth-order valence-electron chi connectivity index (χ4n) is 5.90. The molecule has 2 aliphatic heterocycles. The number of benzene rings is 3. The molecule has 47 heavy (non-hydrogen) atoms. The van der Waals surface area contributed by atoms with Crippen molar-refractivity contribution in [2.75, 3.05) is 37.7 Å². The van der Waals surface area contributed by atoms with E-state index in [4.69, 9.17) is 14.2 Å². The number of halogens is 3. The molecule has 0 saturated carbocycles. The normalized spacial score (nSPS) is 17.1. The number of aryl methyl sites for hydroxylation is 1. The number of nitro groups is 1. The van der Waals surface area contributed by atoms with Crippen molar-refractivity contribution in [2.24, 2.45) is 0 Å². The first-order valence-electron chi connectivity index (χ1n) is 15.5. The fraction of sp³-hybridized carbons (Fsp3) is 0.382. The number of hydrogen-bond donors (Lipinski definition) is 0. The number of ether oxygens (including phenoxy) is 3. The van der Waals surface area contributed by atoms with Gasteiger partial charge in [-0.05, 0) is 78.4 Å². The van der Waals surface area contributed by atoms with E-state index in [0.29, 0.717) is 30.9 Å². The number of piperazine rings is 1. The first-order chi connectivity index (χ1) is 22.5. The Balaban J connectivity index is 0.961. The molecular weight excluding hydrogens is 615 g/mol. The molecule has 1 saturated heterocycles. The Kier molecular flexibility index (Phi) is 9.00. The van der Waals surface area contributed by atoms with Crippen LogP contribution in [0.3, 0.4) is 0 Å². The zero-order valence-corrected chi connectivity index (χ0v) is 26.2. The molecule has 4 aromatic rings. The van der Waals surface area contributed by atoms with Crippen molar-refractivity contribution in [2.45, 2.75) is 51.2 Å². The van der Waals surface area contributed by atoms with Crippen molar-refractivity contribution in [3.8, 4) is 17.5 Å². The van der Waals surface area contributed by atoms with Crippen molar-refractivity contribution in [3.63, 3.8) is 0 Å². The molecule has 2 aliphatic rings. The van der Waals surface area contributed by atoms with E-state index < -0.39 is 16.7 Å². The number of imidazole rings is 1. The largest absolute Gasteiger partial charge is 0.490 e. The summed E-state index contributed by atoms with van der Waals surface area (Å²) in [5.74, 6) is 1.16. The lowest BCUT2D eigenvalue weighted by Crippen LogP contribution is -2.53. The molecule has 0 bridgehead atoms. The highest BCUT2D eigenvalue weighted by molar-refractivity contribution is 5.49. The maximum atomic E-state index is 12.8. The Labute approximate surface area is 270 Å². The van der Waals surface area contributed by atoms with Crippen molar-refractivity contribution >= 4 is 11.5 Å². The van der Waals surface area contributed by atoms with Crippen molar-refractivity contribution in [1.29, 1.82) is 0 Å². The zero-order valence-electron chi connectivity index (χ0n) is 26.2. The summed E-state index contributed by atoms with van der Waals surface area (Å²) >= 11 is 0. The molecule has 0 spiro atoms. The summed E-state index contributed by atoms with van der Waals surface area (Å²) in [7, 11) is 0. The highest BCUT2D eigenvalue weighted by Gasteiger charge is 2.32. The van der Waals surface area contributed by atoms with Gasteiger partial charge in [0, 0.05) is 55.4 Å². The van der Waals surface area contributed by atoms with Crippen molar-refractivity contribution < 1.29 is 32.3 Å². The van der Waals surface area contributed by atoms with Crippen LogP contribution in [0.4, 0.5) is 24.7 Å². The quantitative estimate of drug-likeness (QED) is 0.139. The number of anilines is 1. The molecule has 6 rings (SSSR count). The van der Waals surface area contributed by atoms with Gasteiger partial charge < -0.3 is 29.2 Å². The molecule has 13 heteroatoms. The van der Waals surface area contributed by atoms with Gasteiger partial charge in [0.1, 0.15) is 37.0 Å².